The van der Waals surface area contributed by atoms with Crippen molar-refractivity contribution in [1.29, 1.82) is 5.26 Å². The summed E-state index contributed by atoms with van der Waals surface area (Å²) in [6, 6.07) is 8.58. The molecule has 0 atom stereocenters. The number of carboxylic acid groups (broad SMARTS) is 1. The minimum Gasteiger partial charge on any atom is -0.481 e. The van der Waals surface area contributed by atoms with Crippen molar-refractivity contribution in [2.75, 3.05) is 25.5 Å². The van der Waals surface area contributed by atoms with Gasteiger partial charge in [0.25, 0.3) is 0 Å². The number of carbonyl (C=O) groups is 2. The molecule has 1 rings (SSSR count). The van der Waals surface area contributed by atoms with E-state index in [1.807, 2.05) is 6.07 Å². The summed E-state index contributed by atoms with van der Waals surface area (Å²) >= 11 is 0. The van der Waals surface area contributed by atoms with Crippen molar-refractivity contribution in [3.63, 3.8) is 0 Å². The van der Waals surface area contributed by atoms with Crippen LogP contribution in [0.15, 0.2) is 24.3 Å². The predicted molar refractivity (Wildman–Crippen MR) is 74.5 cm³/mol. The number of urea groups is 1. The molecule has 1 aromatic rings. The van der Waals surface area contributed by atoms with E-state index in [0.717, 1.165) is 0 Å². The van der Waals surface area contributed by atoms with Crippen LogP contribution in [0.4, 0.5) is 10.5 Å². The van der Waals surface area contributed by atoms with E-state index in [9.17, 15) is 9.59 Å². The Labute approximate surface area is 117 Å². The number of amides is 2. The Morgan fingerprint density at radius 3 is 2.55 bits per heavy atom. The van der Waals surface area contributed by atoms with Gasteiger partial charge in [0.1, 0.15) is 6.07 Å². The lowest BCUT2D eigenvalue weighted by molar-refractivity contribution is -0.137. The van der Waals surface area contributed by atoms with E-state index < -0.39 is 5.97 Å². The van der Waals surface area contributed by atoms with E-state index in [1.54, 1.807) is 38.4 Å². The zero-order chi connectivity index (χ0) is 15.1. The minimum absolute atomic E-state index is 0.0239. The van der Waals surface area contributed by atoms with Gasteiger partial charge in [-0.15, -0.1) is 0 Å². The molecule has 6 nitrogen and oxygen atoms in total. The number of carbonyl (C=O) groups excluding carboxylic acids is 1. The van der Waals surface area contributed by atoms with Gasteiger partial charge in [0.15, 0.2) is 0 Å². The first kappa shape index (κ1) is 15.5. The third kappa shape index (κ3) is 3.99. The van der Waals surface area contributed by atoms with Crippen LogP contribution in [-0.4, -0.2) is 42.6 Å². The molecule has 0 heterocycles. The van der Waals surface area contributed by atoms with Crippen molar-refractivity contribution in [2.24, 2.45) is 0 Å². The fourth-order valence-electron chi connectivity index (χ4n) is 1.78. The van der Waals surface area contributed by atoms with Crippen LogP contribution in [0.5, 0.6) is 0 Å². The van der Waals surface area contributed by atoms with Gasteiger partial charge in [0.2, 0.25) is 0 Å². The molecule has 0 saturated carbocycles. The average Bonchev–Trinajstić information content (AvgIpc) is 2.45. The Morgan fingerprint density at radius 1 is 1.30 bits per heavy atom. The zero-order valence-corrected chi connectivity index (χ0v) is 11.5. The third-order valence-corrected chi connectivity index (χ3v) is 2.88. The van der Waals surface area contributed by atoms with Gasteiger partial charge in [0, 0.05) is 27.1 Å². The second kappa shape index (κ2) is 7.14. The third-order valence-electron chi connectivity index (χ3n) is 2.88. The van der Waals surface area contributed by atoms with Gasteiger partial charge >= 0.3 is 12.0 Å². The Hall–Kier alpha value is -2.55. The smallest absolute Gasteiger partial charge is 0.323 e. The molecule has 0 spiro atoms. The quantitative estimate of drug-likeness (QED) is 0.889. The lowest BCUT2D eigenvalue weighted by Gasteiger charge is -2.25. The number of nitrogens with zero attached hydrogens (tertiary/aromatic N) is 3. The first-order chi connectivity index (χ1) is 9.47. The van der Waals surface area contributed by atoms with Gasteiger partial charge in [-0.3, -0.25) is 9.69 Å². The molecule has 0 aliphatic rings. The summed E-state index contributed by atoms with van der Waals surface area (Å²) in [6.07, 6.45) is 0.418. The number of hydrogen-bond acceptors (Lipinski definition) is 3. The molecule has 106 valence electrons. The monoisotopic (exact) mass is 275 g/mol. The Bertz CT molecular complexity index is 537. The fourth-order valence-corrected chi connectivity index (χ4v) is 1.78. The van der Waals surface area contributed by atoms with E-state index >= 15 is 0 Å². The van der Waals surface area contributed by atoms with Gasteiger partial charge in [-0.05, 0) is 18.6 Å². The first-order valence-electron chi connectivity index (χ1n) is 6.17. The van der Waals surface area contributed by atoms with Crippen molar-refractivity contribution >= 4 is 17.7 Å². The number of aliphatic carboxylic acids is 1. The molecule has 0 bridgehead atoms. The highest BCUT2D eigenvalue weighted by atomic mass is 16.4. The Kier molecular flexibility index (Phi) is 5.54. The molecule has 0 saturated heterocycles. The highest BCUT2D eigenvalue weighted by Gasteiger charge is 2.17. The maximum absolute atomic E-state index is 12.2. The number of hydrogen-bond donors (Lipinski definition) is 1. The number of benzene rings is 1. The van der Waals surface area contributed by atoms with Crippen LogP contribution in [0.2, 0.25) is 0 Å². The van der Waals surface area contributed by atoms with Gasteiger partial charge in [-0.1, -0.05) is 12.1 Å². The van der Waals surface area contributed by atoms with E-state index in [1.165, 1.54) is 9.80 Å². The van der Waals surface area contributed by atoms with Crippen LogP contribution in [0.1, 0.15) is 18.4 Å². The first-order valence-corrected chi connectivity index (χ1v) is 6.17. The molecule has 6 heteroatoms. The summed E-state index contributed by atoms with van der Waals surface area (Å²) in [5.41, 5.74) is 0.951. The molecular weight excluding hydrogens is 258 g/mol. The number of para-hydroxylation sites is 1. The SMILES string of the molecule is CN(CCCC(=O)O)C(=O)N(C)c1ccccc1C#N. The lowest BCUT2D eigenvalue weighted by Crippen LogP contribution is -2.39. The van der Waals surface area contributed by atoms with Crippen LogP contribution in [0, 0.1) is 11.3 Å². The highest BCUT2D eigenvalue weighted by Crippen LogP contribution is 2.19. The maximum atomic E-state index is 12.2. The van der Waals surface area contributed by atoms with Gasteiger partial charge in [-0.25, -0.2) is 4.79 Å². The van der Waals surface area contributed by atoms with Gasteiger partial charge in [0.05, 0.1) is 11.3 Å². The van der Waals surface area contributed by atoms with Gasteiger partial charge < -0.3 is 10.0 Å². The Balaban J connectivity index is 2.71. The average molecular weight is 275 g/mol. The Morgan fingerprint density at radius 2 is 1.95 bits per heavy atom. The molecule has 1 aromatic carbocycles. The van der Waals surface area contributed by atoms with Crippen molar-refractivity contribution in [3.8, 4) is 6.07 Å². The summed E-state index contributed by atoms with van der Waals surface area (Å²) in [5.74, 6) is -0.881. The molecule has 1 N–H and O–H groups in total. The molecule has 0 radical (unpaired) electrons. The summed E-state index contributed by atoms with van der Waals surface area (Å²) in [7, 11) is 3.20. The van der Waals surface area contributed by atoms with Crippen LogP contribution in [0.25, 0.3) is 0 Å². The number of rotatable bonds is 5. The zero-order valence-electron chi connectivity index (χ0n) is 11.5. The fraction of sp³-hybridized carbons (Fsp3) is 0.357. The van der Waals surface area contributed by atoms with Crippen molar-refractivity contribution in [3.05, 3.63) is 29.8 Å². The summed E-state index contributed by atoms with van der Waals surface area (Å²) in [6.45, 7) is 0.351. The number of anilines is 1. The second-order valence-corrected chi connectivity index (χ2v) is 4.39. The van der Waals surface area contributed by atoms with E-state index in [-0.39, 0.29) is 12.5 Å². The van der Waals surface area contributed by atoms with E-state index in [0.29, 0.717) is 24.2 Å². The van der Waals surface area contributed by atoms with Crippen LogP contribution in [-0.2, 0) is 4.79 Å². The van der Waals surface area contributed by atoms with Gasteiger partial charge in [-0.2, -0.15) is 5.26 Å². The normalized spacial score (nSPS) is 9.65. The van der Waals surface area contributed by atoms with Crippen molar-refractivity contribution < 1.29 is 14.7 Å². The van der Waals surface area contributed by atoms with Crippen molar-refractivity contribution in [2.45, 2.75) is 12.8 Å². The molecule has 0 unspecified atom stereocenters. The lowest BCUT2D eigenvalue weighted by atomic mass is 10.2. The van der Waals surface area contributed by atoms with Crippen molar-refractivity contribution in [1.82, 2.24) is 4.90 Å². The molecule has 0 aromatic heterocycles. The van der Waals surface area contributed by atoms with Crippen LogP contribution >= 0.6 is 0 Å². The largest absolute Gasteiger partial charge is 0.481 e. The minimum atomic E-state index is -0.881. The molecule has 0 fully saturated rings. The second-order valence-electron chi connectivity index (χ2n) is 4.39. The molecule has 20 heavy (non-hydrogen) atoms. The molecule has 0 aliphatic heterocycles. The predicted octanol–water partition coefficient (Wildman–Crippen LogP) is 1.91. The summed E-state index contributed by atoms with van der Waals surface area (Å²) in [4.78, 5) is 25.5. The van der Waals surface area contributed by atoms with E-state index in [4.69, 9.17) is 10.4 Å². The number of carboxylic acids is 1. The van der Waals surface area contributed by atoms with Crippen LogP contribution in [0.3, 0.4) is 0 Å². The van der Waals surface area contributed by atoms with Crippen LogP contribution < -0.4 is 4.90 Å². The standard InChI is InChI=1S/C14H17N3O3/c1-16(9-5-8-13(18)19)14(20)17(2)12-7-4-3-6-11(12)10-15/h3-4,6-7H,5,8-9H2,1-2H3,(H,18,19). The highest BCUT2D eigenvalue weighted by molar-refractivity contribution is 5.92. The number of nitriles is 1. The summed E-state index contributed by atoms with van der Waals surface area (Å²) in [5, 5.41) is 17.6. The summed E-state index contributed by atoms with van der Waals surface area (Å²) < 4.78 is 0. The van der Waals surface area contributed by atoms with E-state index in [2.05, 4.69) is 0 Å². The molecule has 0 aliphatic carbocycles. The maximum Gasteiger partial charge on any atom is 0.323 e. The molecular formula is C14H17N3O3. The molecule has 2 amide bonds. The topological polar surface area (TPSA) is 84.6 Å².